The zero-order valence-electron chi connectivity index (χ0n) is 10.1. The van der Waals surface area contributed by atoms with Gasteiger partial charge in [-0.15, -0.1) is 0 Å². The third-order valence-electron chi connectivity index (χ3n) is 3.05. The highest BCUT2D eigenvalue weighted by molar-refractivity contribution is 6.33. The molecule has 0 aliphatic carbocycles. The molecule has 5 heteroatoms. The quantitative estimate of drug-likeness (QED) is 0.882. The molecule has 1 saturated heterocycles. The Bertz CT molecular complexity index is 450. The summed E-state index contributed by atoms with van der Waals surface area (Å²) in [6, 6.07) is 4.90. The summed E-state index contributed by atoms with van der Waals surface area (Å²) in [5, 5.41) is 12.4. The van der Waals surface area contributed by atoms with E-state index in [1.54, 1.807) is 18.2 Å². The van der Waals surface area contributed by atoms with Gasteiger partial charge in [-0.05, 0) is 38.0 Å². The number of ether oxygens (including phenoxy) is 1. The highest BCUT2D eigenvalue weighted by Crippen LogP contribution is 2.22. The molecule has 0 saturated carbocycles. The highest BCUT2D eigenvalue weighted by atomic mass is 35.5. The van der Waals surface area contributed by atoms with Gasteiger partial charge in [-0.1, -0.05) is 11.6 Å². The largest absolute Gasteiger partial charge is 0.478 e. The third-order valence-corrected chi connectivity index (χ3v) is 3.38. The lowest BCUT2D eigenvalue weighted by molar-refractivity contribution is 0.0637. The number of benzene rings is 1. The molecule has 18 heavy (non-hydrogen) atoms. The van der Waals surface area contributed by atoms with E-state index in [1.165, 1.54) is 0 Å². The van der Waals surface area contributed by atoms with Crippen LogP contribution in [0.2, 0.25) is 5.02 Å². The Hall–Kier alpha value is -1.26. The number of carboxylic acids is 1. The molecule has 0 spiro atoms. The maximum absolute atomic E-state index is 10.9. The Morgan fingerprint density at radius 1 is 1.56 bits per heavy atom. The Labute approximate surface area is 111 Å². The van der Waals surface area contributed by atoms with E-state index in [0.717, 1.165) is 18.5 Å². The van der Waals surface area contributed by atoms with Crippen LogP contribution in [0, 0.1) is 0 Å². The maximum Gasteiger partial charge on any atom is 0.337 e. The van der Waals surface area contributed by atoms with Crippen molar-refractivity contribution in [2.45, 2.75) is 32.0 Å². The van der Waals surface area contributed by atoms with Crippen LogP contribution in [0.15, 0.2) is 18.2 Å². The molecule has 1 aliphatic heterocycles. The molecule has 2 unspecified atom stereocenters. The summed E-state index contributed by atoms with van der Waals surface area (Å²) in [5.74, 6) is -1.02. The van der Waals surface area contributed by atoms with E-state index in [0.29, 0.717) is 12.6 Å². The summed E-state index contributed by atoms with van der Waals surface area (Å²) < 4.78 is 5.68. The molecular weight excluding hydrogens is 254 g/mol. The van der Waals surface area contributed by atoms with Gasteiger partial charge < -0.3 is 15.2 Å². The number of hydrogen-bond acceptors (Lipinski definition) is 3. The van der Waals surface area contributed by atoms with Crippen LogP contribution in [0.3, 0.4) is 0 Å². The number of rotatable bonds is 4. The molecule has 0 amide bonds. The van der Waals surface area contributed by atoms with E-state index in [4.69, 9.17) is 21.4 Å². The summed E-state index contributed by atoms with van der Waals surface area (Å²) in [5.41, 5.74) is 0.863. The molecule has 0 bridgehead atoms. The molecule has 0 aromatic heterocycles. The van der Waals surface area contributed by atoms with E-state index >= 15 is 0 Å². The second kappa shape index (κ2) is 5.59. The lowest BCUT2D eigenvalue weighted by Crippen LogP contribution is -2.19. The Morgan fingerprint density at radius 2 is 2.33 bits per heavy atom. The first-order valence-corrected chi connectivity index (χ1v) is 6.36. The second-order valence-corrected chi connectivity index (χ2v) is 4.93. The number of carboxylic acid groups (broad SMARTS) is 1. The normalized spacial score (nSPS) is 23.0. The zero-order valence-corrected chi connectivity index (χ0v) is 10.9. The van der Waals surface area contributed by atoms with Crippen LogP contribution in [0.1, 0.15) is 30.1 Å². The van der Waals surface area contributed by atoms with Crippen LogP contribution >= 0.6 is 11.6 Å². The van der Waals surface area contributed by atoms with Crippen LogP contribution in [0.25, 0.3) is 0 Å². The highest BCUT2D eigenvalue weighted by Gasteiger charge is 2.21. The summed E-state index contributed by atoms with van der Waals surface area (Å²) in [4.78, 5) is 10.9. The fourth-order valence-electron chi connectivity index (χ4n) is 2.07. The van der Waals surface area contributed by atoms with Gasteiger partial charge >= 0.3 is 5.97 Å². The van der Waals surface area contributed by atoms with Crippen molar-refractivity contribution in [2.24, 2.45) is 0 Å². The number of hydrogen-bond donors (Lipinski definition) is 2. The van der Waals surface area contributed by atoms with Gasteiger partial charge in [0, 0.05) is 12.2 Å². The average molecular weight is 270 g/mol. The van der Waals surface area contributed by atoms with Gasteiger partial charge in [-0.2, -0.15) is 0 Å². The van der Waals surface area contributed by atoms with Crippen molar-refractivity contribution >= 4 is 23.3 Å². The molecule has 1 aromatic carbocycles. The van der Waals surface area contributed by atoms with Gasteiger partial charge in [0.15, 0.2) is 0 Å². The predicted molar refractivity (Wildman–Crippen MR) is 70.5 cm³/mol. The van der Waals surface area contributed by atoms with E-state index in [2.05, 4.69) is 12.2 Å². The molecule has 0 radical (unpaired) electrons. The van der Waals surface area contributed by atoms with Crippen molar-refractivity contribution in [3.05, 3.63) is 28.8 Å². The van der Waals surface area contributed by atoms with E-state index in [-0.39, 0.29) is 16.7 Å². The van der Waals surface area contributed by atoms with Crippen LogP contribution in [0.5, 0.6) is 0 Å². The van der Waals surface area contributed by atoms with E-state index < -0.39 is 5.97 Å². The summed E-state index contributed by atoms with van der Waals surface area (Å²) in [6.45, 7) is 2.75. The number of halogens is 1. The number of nitrogens with one attached hydrogen (secondary N) is 1. The number of carbonyl (C=O) groups is 1. The van der Waals surface area contributed by atoms with Gasteiger partial charge in [-0.25, -0.2) is 4.79 Å². The molecule has 4 nitrogen and oxygen atoms in total. The Morgan fingerprint density at radius 3 is 2.94 bits per heavy atom. The average Bonchev–Trinajstić information content (AvgIpc) is 2.74. The monoisotopic (exact) mass is 269 g/mol. The van der Waals surface area contributed by atoms with Gasteiger partial charge in [0.1, 0.15) is 0 Å². The minimum absolute atomic E-state index is 0.113. The smallest absolute Gasteiger partial charge is 0.337 e. The first-order valence-electron chi connectivity index (χ1n) is 5.98. The topological polar surface area (TPSA) is 58.6 Å². The number of aromatic carboxylic acids is 1. The molecule has 1 heterocycles. The second-order valence-electron chi connectivity index (χ2n) is 4.53. The zero-order chi connectivity index (χ0) is 13.1. The minimum atomic E-state index is -1.02. The molecule has 1 fully saturated rings. The first-order chi connectivity index (χ1) is 8.56. The van der Waals surface area contributed by atoms with Crippen molar-refractivity contribution in [1.82, 2.24) is 0 Å². The standard InChI is InChI=1S/C13H16ClNO3/c1-8-2-4-10(18-8)7-15-9-3-5-12(14)11(6-9)13(16)17/h3,5-6,8,10,15H,2,4,7H2,1H3,(H,16,17). The summed E-state index contributed by atoms with van der Waals surface area (Å²) >= 11 is 5.80. The van der Waals surface area contributed by atoms with Crippen LogP contribution < -0.4 is 5.32 Å². The van der Waals surface area contributed by atoms with Gasteiger partial charge in [0.25, 0.3) is 0 Å². The van der Waals surface area contributed by atoms with Crippen molar-refractivity contribution in [2.75, 3.05) is 11.9 Å². The Balaban J connectivity index is 1.97. The fraction of sp³-hybridized carbons (Fsp3) is 0.462. The van der Waals surface area contributed by atoms with Crippen molar-refractivity contribution in [3.63, 3.8) is 0 Å². The molecule has 2 atom stereocenters. The van der Waals surface area contributed by atoms with Crippen molar-refractivity contribution in [3.8, 4) is 0 Å². The fourth-order valence-corrected chi connectivity index (χ4v) is 2.26. The van der Waals surface area contributed by atoms with Crippen LogP contribution in [0.4, 0.5) is 5.69 Å². The first kappa shape index (κ1) is 13.2. The molecule has 1 aliphatic rings. The number of anilines is 1. The van der Waals surface area contributed by atoms with Gasteiger partial charge in [0.05, 0.1) is 22.8 Å². The molecule has 2 rings (SSSR count). The van der Waals surface area contributed by atoms with Crippen LogP contribution in [-0.4, -0.2) is 29.8 Å². The van der Waals surface area contributed by atoms with Crippen molar-refractivity contribution in [1.29, 1.82) is 0 Å². The van der Waals surface area contributed by atoms with Gasteiger partial charge in [-0.3, -0.25) is 0 Å². The Kier molecular flexibility index (Phi) is 4.09. The molecular formula is C13H16ClNO3. The minimum Gasteiger partial charge on any atom is -0.478 e. The molecule has 2 N–H and O–H groups in total. The summed E-state index contributed by atoms with van der Waals surface area (Å²) in [6.07, 6.45) is 2.63. The van der Waals surface area contributed by atoms with E-state index in [9.17, 15) is 4.79 Å². The van der Waals surface area contributed by atoms with E-state index in [1.807, 2.05) is 0 Å². The predicted octanol–water partition coefficient (Wildman–Crippen LogP) is 3.02. The van der Waals surface area contributed by atoms with Crippen LogP contribution in [-0.2, 0) is 4.74 Å². The third kappa shape index (κ3) is 3.15. The molecule has 1 aromatic rings. The maximum atomic E-state index is 10.9. The lowest BCUT2D eigenvalue weighted by atomic mass is 10.2. The summed E-state index contributed by atoms with van der Waals surface area (Å²) in [7, 11) is 0. The SMILES string of the molecule is CC1CCC(CNc2ccc(Cl)c(C(=O)O)c2)O1. The lowest BCUT2D eigenvalue weighted by Gasteiger charge is -2.13. The molecule has 98 valence electrons. The van der Waals surface area contributed by atoms with Crippen molar-refractivity contribution < 1.29 is 14.6 Å². The van der Waals surface area contributed by atoms with Gasteiger partial charge in [0.2, 0.25) is 0 Å².